The van der Waals surface area contributed by atoms with E-state index in [0.29, 0.717) is 22.9 Å². The molecule has 0 saturated carbocycles. The maximum absolute atomic E-state index is 13.0. The highest BCUT2D eigenvalue weighted by Crippen LogP contribution is 2.38. The number of hydrogen-bond acceptors (Lipinski definition) is 7. The second-order valence-corrected chi connectivity index (χ2v) is 10.4. The summed E-state index contributed by atoms with van der Waals surface area (Å²) in [5.41, 5.74) is 1.25. The molecular formula is C19H25N3O5S2. The van der Waals surface area contributed by atoms with Gasteiger partial charge in [-0.2, -0.15) is 16.1 Å². The van der Waals surface area contributed by atoms with Crippen LogP contribution in [0.2, 0.25) is 0 Å². The lowest BCUT2D eigenvalue weighted by Crippen LogP contribution is -2.53. The highest BCUT2D eigenvalue weighted by atomic mass is 32.2. The number of nitrogens with one attached hydrogen (secondary N) is 1. The van der Waals surface area contributed by atoms with Gasteiger partial charge < -0.3 is 4.74 Å². The van der Waals surface area contributed by atoms with Crippen molar-refractivity contribution in [2.75, 3.05) is 12.3 Å². The number of hydroxylamine groups is 1. The van der Waals surface area contributed by atoms with E-state index in [1.165, 1.54) is 5.48 Å². The fourth-order valence-electron chi connectivity index (χ4n) is 2.75. The van der Waals surface area contributed by atoms with Gasteiger partial charge in [0.15, 0.2) is 0 Å². The van der Waals surface area contributed by atoms with E-state index in [-0.39, 0.29) is 17.2 Å². The maximum Gasteiger partial charge on any atom is 0.243 e. The molecule has 1 amide bonds. The predicted molar refractivity (Wildman–Crippen MR) is 112 cm³/mol. The molecule has 1 atom stereocenters. The highest BCUT2D eigenvalue weighted by Gasteiger charge is 2.41. The molecule has 2 heterocycles. The Bertz CT molecular complexity index is 890. The fourth-order valence-corrected chi connectivity index (χ4v) is 5.87. The molecule has 0 unspecified atom stereocenters. The quantitative estimate of drug-likeness (QED) is 0.419. The molecule has 1 aliphatic rings. The Balaban J connectivity index is 0.000000687. The van der Waals surface area contributed by atoms with Gasteiger partial charge in [-0.05, 0) is 57.2 Å². The zero-order chi connectivity index (χ0) is 21.5. The third-order valence-electron chi connectivity index (χ3n) is 4.59. The van der Waals surface area contributed by atoms with Gasteiger partial charge in [0.1, 0.15) is 11.5 Å². The van der Waals surface area contributed by atoms with Crippen LogP contribution in [0.1, 0.15) is 20.8 Å². The van der Waals surface area contributed by atoms with Gasteiger partial charge in [0.2, 0.25) is 16.4 Å². The van der Waals surface area contributed by atoms with E-state index in [1.807, 2.05) is 18.7 Å². The minimum Gasteiger partial charge on any atom is -0.457 e. The summed E-state index contributed by atoms with van der Waals surface area (Å²) in [7, 11) is -3.52. The van der Waals surface area contributed by atoms with Crippen molar-refractivity contribution in [2.45, 2.75) is 36.5 Å². The van der Waals surface area contributed by atoms with Crippen LogP contribution in [0, 0.1) is 0 Å². The van der Waals surface area contributed by atoms with Crippen LogP contribution in [0.3, 0.4) is 0 Å². The fraction of sp³-hybridized carbons (Fsp3) is 0.368. The van der Waals surface area contributed by atoms with Crippen LogP contribution in [0.5, 0.6) is 11.5 Å². The van der Waals surface area contributed by atoms with Gasteiger partial charge in [-0.1, -0.05) is 0 Å². The smallest absolute Gasteiger partial charge is 0.243 e. The third kappa shape index (κ3) is 5.92. The first-order valence-electron chi connectivity index (χ1n) is 8.89. The topological polar surface area (TPSA) is 109 Å². The SMILES string of the molecule is C[C@@H]1N(S(=O)(=O)c2ccc(Oc3ccncc3)cc2)CCSC1(C)C.O=CNO. The number of sulfonamides is 1. The Morgan fingerprint density at radius 2 is 1.76 bits per heavy atom. The lowest BCUT2D eigenvalue weighted by atomic mass is 10.1. The molecule has 10 heteroatoms. The normalized spacial score (nSPS) is 18.8. The largest absolute Gasteiger partial charge is 0.457 e. The first-order valence-corrected chi connectivity index (χ1v) is 11.3. The van der Waals surface area contributed by atoms with Gasteiger partial charge in [0.25, 0.3) is 0 Å². The number of thioether (sulfide) groups is 1. The number of hydrogen-bond donors (Lipinski definition) is 2. The summed E-state index contributed by atoms with van der Waals surface area (Å²) in [5, 5.41) is 7.26. The zero-order valence-electron chi connectivity index (χ0n) is 16.5. The van der Waals surface area contributed by atoms with E-state index in [4.69, 9.17) is 14.7 Å². The molecule has 0 bridgehead atoms. The summed E-state index contributed by atoms with van der Waals surface area (Å²) in [6.07, 6.45) is 3.47. The van der Waals surface area contributed by atoms with Gasteiger partial charge in [0, 0.05) is 35.5 Å². The molecule has 1 saturated heterocycles. The second-order valence-electron chi connectivity index (χ2n) is 6.75. The van der Waals surface area contributed by atoms with E-state index in [1.54, 1.807) is 53.1 Å². The molecule has 1 aromatic carbocycles. The molecule has 0 radical (unpaired) electrons. The van der Waals surface area contributed by atoms with Crippen LogP contribution >= 0.6 is 11.8 Å². The molecule has 2 aromatic rings. The van der Waals surface area contributed by atoms with E-state index < -0.39 is 10.0 Å². The van der Waals surface area contributed by atoms with Crippen molar-refractivity contribution in [3.63, 3.8) is 0 Å². The van der Waals surface area contributed by atoms with E-state index in [9.17, 15) is 8.42 Å². The second kappa shape index (κ2) is 10.1. The van der Waals surface area contributed by atoms with Gasteiger partial charge in [-0.3, -0.25) is 15.0 Å². The Morgan fingerprint density at radius 1 is 1.21 bits per heavy atom. The van der Waals surface area contributed by atoms with E-state index in [2.05, 4.69) is 18.8 Å². The van der Waals surface area contributed by atoms with Crippen LogP contribution in [0.15, 0.2) is 53.7 Å². The molecule has 2 N–H and O–H groups in total. The average molecular weight is 440 g/mol. The van der Waals surface area contributed by atoms with E-state index in [0.717, 1.165) is 5.75 Å². The first-order chi connectivity index (χ1) is 13.7. The first kappa shape index (κ1) is 23.1. The average Bonchev–Trinajstić information content (AvgIpc) is 2.71. The number of benzene rings is 1. The summed E-state index contributed by atoms with van der Waals surface area (Å²) in [6, 6.07) is 10.0. The molecule has 0 aliphatic carbocycles. The number of pyridine rings is 1. The van der Waals surface area contributed by atoms with Crippen molar-refractivity contribution in [3.8, 4) is 11.5 Å². The summed E-state index contributed by atoms with van der Waals surface area (Å²) < 4.78 is 33.3. The molecule has 3 rings (SSSR count). The Labute approximate surface area is 175 Å². The van der Waals surface area contributed by atoms with Crippen LogP contribution < -0.4 is 10.2 Å². The summed E-state index contributed by atoms with van der Waals surface area (Å²) >= 11 is 1.82. The number of aromatic nitrogens is 1. The molecule has 29 heavy (non-hydrogen) atoms. The standard InChI is InChI=1S/C18H22N2O3S2.CH3NO2/c1-14-18(2,3)24-13-12-20(14)25(21,22)17-6-4-15(5-7-17)23-16-8-10-19-11-9-16;3-1-2-4/h4-11,14H,12-13H2,1-3H3;1,4H,(H,2,3)/t14-;/m0./s1. The number of amides is 1. The summed E-state index contributed by atoms with van der Waals surface area (Å²) in [4.78, 5) is 13.0. The molecule has 1 aromatic heterocycles. The molecule has 8 nitrogen and oxygen atoms in total. The number of carbonyl (C=O) groups is 1. The Morgan fingerprint density at radius 3 is 2.31 bits per heavy atom. The van der Waals surface area contributed by atoms with Crippen LogP contribution in [-0.2, 0) is 14.8 Å². The van der Waals surface area contributed by atoms with Crippen molar-refractivity contribution in [1.29, 1.82) is 0 Å². The Kier molecular flexibility index (Phi) is 8.03. The van der Waals surface area contributed by atoms with E-state index >= 15 is 0 Å². The Hall–Kier alpha value is -2.14. The van der Waals surface area contributed by atoms with Crippen LogP contribution in [0.4, 0.5) is 0 Å². The molecule has 1 fully saturated rings. The number of rotatable bonds is 5. The molecule has 158 valence electrons. The van der Waals surface area contributed by atoms with Crippen molar-refractivity contribution in [1.82, 2.24) is 14.8 Å². The third-order valence-corrected chi connectivity index (χ3v) is 8.05. The number of nitrogens with zero attached hydrogens (tertiary/aromatic N) is 2. The molecule has 1 aliphatic heterocycles. The van der Waals surface area contributed by atoms with Gasteiger partial charge >= 0.3 is 0 Å². The number of carbonyl (C=O) groups excluding carboxylic acids is 1. The van der Waals surface area contributed by atoms with Crippen LogP contribution in [-0.4, -0.2) is 52.4 Å². The van der Waals surface area contributed by atoms with Crippen molar-refractivity contribution >= 4 is 28.2 Å². The zero-order valence-corrected chi connectivity index (χ0v) is 18.1. The van der Waals surface area contributed by atoms with Crippen LogP contribution in [0.25, 0.3) is 0 Å². The van der Waals surface area contributed by atoms with Gasteiger partial charge in [-0.25, -0.2) is 13.9 Å². The lowest BCUT2D eigenvalue weighted by Gasteiger charge is -2.43. The minimum absolute atomic E-state index is 0.0657. The minimum atomic E-state index is -3.52. The van der Waals surface area contributed by atoms with Gasteiger partial charge in [0.05, 0.1) is 4.90 Å². The van der Waals surface area contributed by atoms with Gasteiger partial charge in [-0.15, -0.1) is 0 Å². The van der Waals surface area contributed by atoms with Crippen molar-refractivity contribution in [2.24, 2.45) is 0 Å². The summed E-state index contributed by atoms with van der Waals surface area (Å²) in [6.45, 7) is 6.70. The van der Waals surface area contributed by atoms with Crippen molar-refractivity contribution < 1.29 is 23.2 Å². The number of ether oxygens (including phenoxy) is 1. The maximum atomic E-state index is 13.0. The molecular weight excluding hydrogens is 414 g/mol. The van der Waals surface area contributed by atoms with Crippen molar-refractivity contribution in [3.05, 3.63) is 48.8 Å². The monoisotopic (exact) mass is 439 g/mol. The highest BCUT2D eigenvalue weighted by molar-refractivity contribution is 8.00. The molecule has 0 spiro atoms. The summed E-state index contributed by atoms with van der Waals surface area (Å²) in [5.74, 6) is 2.06. The lowest BCUT2D eigenvalue weighted by molar-refractivity contribution is -0.116. The predicted octanol–water partition coefficient (Wildman–Crippen LogP) is 2.90.